The summed E-state index contributed by atoms with van der Waals surface area (Å²) >= 11 is 0. The molecule has 0 unspecified atom stereocenters. The predicted molar refractivity (Wildman–Crippen MR) is 48.1 cm³/mol. The second-order valence-corrected chi connectivity index (χ2v) is 3.62. The van der Waals surface area contributed by atoms with Gasteiger partial charge in [-0.3, -0.25) is 0 Å². The van der Waals surface area contributed by atoms with Gasteiger partial charge in [-0.1, -0.05) is 6.42 Å². The third-order valence-electron chi connectivity index (χ3n) is 2.52. The summed E-state index contributed by atoms with van der Waals surface area (Å²) < 4.78 is 5.45. The lowest BCUT2D eigenvalue weighted by Crippen LogP contribution is -2.13. The molecule has 1 aromatic rings. The Morgan fingerprint density at radius 2 is 2.15 bits per heavy atom. The number of rotatable bonds is 4. The lowest BCUT2D eigenvalue weighted by Gasteiger charge is -2.23. The molecule has 4 heteroatoms. The quantitative estimate of drug-likeness (QED) is 0.756. The number of nitrogens with zero attached hydrogens (tertiary/aromatic N) is 2. The van der Waals surface area contributed by atoms with Crippen molar-refractivity contribution in [2.45, 2.75) is 32.2 Å². The predicted octanol–water partition coefficient (Wildman–Crippen LogP) is 1.13. The fourth-order valence-electron chi connectivity index (χ4n) is 1.54. The van der Waals surface area contributed by atoms with Gasteiger partial charge in [-0.05, 0) is 25.8 Å². The van der Waals surface area contributed by atoms with Gasteiger partial charge in [0.25, 0.3) is 0 Å². The van der Waals surface area contributed by atoms with Gasteiger partial charge in [0.1, 0.15) is 0 Å². The van der Waals surface area contributed by atoms with E-state index in [-0.39, 0.29) is 0 Å². The number of hydrogen-bond donors (Lipinski definition) is 1. The van der Waals surface area contributed by atoms with Crippen molar-refractivity contribution in [2.75, 3.05) is 7.05 Å². The maximum atomic E-state index is 5.45. The van der Waals surface area contributed by atoms with E-state index in [1.54, 1.807) is 0 Å². The number of nitrogens with one attached hydrogen (secondary N) is 1. The summed E-state index contributed by atoms with van der Waals surface area (Å²) in [6, 6.07) is 0. The topological polar surface area (TPSA) is 51.0 Å². The van der Waals surface area contributed by atoms with Crippen molar-refractivity contribution in [2.24, 2.45) is 5.92 Å². The van der Waals surface area contributed by atoms with Crippen molar-refractivity contribution < 1.29 is 4.42 Å². The van der Waals surface area contributed by atoms with Crippen LogP contribution < -0.4 is 5.32 Å². The number of hydrogen-bond acceptors (Lipinski definition) is 4. The molecule has 2 rings (SSSR count). The smallest absolute Gasteiger partial charge is 0.230 e. The van der Waals surface area contributed by atoms with E-state index in [9.17, 15) is 0 Å². The number of aromatic nitrogens is 2. The summed E-state index contributed by atoms with van der Waals surface area (Å²) in [5.74, 6) is 2.29. The zero-order valence-corrected chi connectivity index (χ0v) is 7.92. The standard InChI is InChI=1S/C9H15N3O/c1-10-6-9-12-11-8(13-9)5-7-3-2-4-7/h7,10H,2-6H2,1H3. The molecule has 0 bridgehead atoms. The van der Waals surface area contributed by atoms with Gasteiger partial charge in [0.15, 0.2) is 0 Å². The molecule has 1 heterocycles. The molecule has 0 atom stereocenters. The summed E-state index contributed by atoms with van der Waals surface area (Å²) in [4.78, 5) is 0. The highest BCUT2D eigenvalue weighted by molar-refractivity contribution is 4.86. The summed E-state index contributed by atoms with van der Waals surface area (Å²) in [7, 11) is 1.87. The Kier molecular flexibility index (Phi) is 2.59. The highest BCUT2D eigenvalue weighted by Crippen LogP contribution is 2.29. The minimum Gasteiger partial charge on any atom is -0.424 e. The Morgan fingerprint density at radius 3 is 2.77 bits per heavy atom. The monoisotopic (exact) mass is 181 g/mol. The van der Waals surface area contributed by atoms with Gasteiger partial charge in [-0.15, -0.1) is 10.2 Å². The summed E-state index contributed by atoms with van der Waals surface area (Å²) in [6.45, 7) is 0.664. The first-order valence-corrected chi connectivity index (χ1v) is 4.84. The van der Waals surface area contributed by atoms with Crippen LogP contribution in [0.15, 0.2) is 4.42 Å². The molecule has 1 saturated carbocycles. The zero-order chi connectivity index (χ0) is 9.10. The maximum Gasteiger partial charge on any atom is 0.230 e. The molecular weight excluding hydrogens is 166 g/mol. The Balaban J connectivity index is 1.88. The van der Waals surface area contributed by atoms with E-state index in [0.717, 1.165) is 18.2 Å². The van der Waals surface area contributed by atoms with Gasteiger partial charge in [-0.25, -0.2) is 0 Å². The van der Waals surface area contributed by atoms with E-state index in [4.69, 9.17) is 4.42 Å². The average Bonchev–Trinajstić information content (AvgIpc) is 2.46. The van der Waals surface area contributed by atoms with Crippen molar-refractivity contribution in [3.05, 3.63) is 11.8 Å². The van der Waals surface area contributed by atoms with E-state index in [2.05, 4.69) is 15.5 Å². The molecule has 0 aliphatic heterocycles. The normalized spacial score (nSPS) is 17.3. The molecule has 1 N–H and O–H groups in total. The molecule has 72 valence electrons. The van der Waals surface area contributed by atoms with Crippen molar-refractivity contribution in [3.63, 3.8) is 0 Å². The van der Waals surface area contributed by atoms with Crippen LogP contribution in [0.4, 0.5) is 0 Å². The van der Waals surface area contributed by atoms with Crippen LogP contribution in [0.25, 0.3) is 0 Å². The minimum absolute atomic E-state index is 0.664. The molecule has 0 aromatic carbocycles. The first-order valence-electron chi connectivity index (χ1n) is 4.84. The van der Waals surface area contributed by atoms with Crippen LogP contribution in [0.3, 0.4) is 0 Å². The zero-order valence-electron chi connectivity index (χ0n) is 7.92. The molecule has 4 nitrogen and oxygen atoms in total. The SMILES string of the molecule is CNCc1nnc(CC2CCC2)o1. The van der Waals surface area contributed by atoms with Crippen molar-refractivity contribution in [1.29, 1.82) is 0 Å². The van der Waals surface area contributed by atoms with Crippen molar-refractivity contribution >= 4 is 0 Å². The van der Waals surface area contributed by atoms with E-state index in [1.165, 1.54) is 19.3 Å². The van der Waals surface area contributed by atoms with E-state index >= 15 is 0 Å². The average molecular weight is 181 g/mol. The van der Waals surface area contributed by atoms with Gasteiger partial charge in [0.2, 0.25) is 11.8 Å². The molecule has 0 saturated heterocycles. The third-order valence-corrected chi connectivity index (χ3v) is 2.52. The fraction of sp³-hybridized carbons (Fsp3) is 0.778. The molecule has 1 aromatic heterocycles. The van der Waals surface area contributed by atoms with Crippen LogP contribution in [0, 0.1) is 5.92 Å². The van der Waals surface area contributed by atoms with Crippen LogP contribution in [-0.2, 0) is 13.0 Å². The largest absolute Gasteiger partial charge is 0.424 e. The summed E-state index contributed by atoms with van der Waals surface area (Å²) in [6.07, 6.45) is 4.98. The molecule has 1 aliphatic rings. The van der Waals surface area contributed by atoms with Crippen LogP contribution in [0.1, 0.15) is 31.0 Å². The first kappa shape index (κ1) is 8.69. The van der Waals surface area contributed by atoms with Crippen LogP contribution in [0.5, 0.6) is 0 Å². The molecule has 0 amide bonds. The second kappa shape index (κ2) is 3.87. The Bertz CT molecular complexity index is 268. The van der Waals surface area contributed by atoms with Crippen molar-refractivity contribution in [3.8, 4) is 0 Å². The van der Waals surface area contributed by atoms with Crippen LogP contribution in [0.2, 0.25) is 0 Å². The lowest BCUT2D eigenvalue weighted by atomic mass is 9.83. The van der Waals surface area contributed by atoms with E-state index < -0.39 is 0 Å². The van der Waals surface area contributed by atoms with Crippen molar-refractivity contribution in [1.82, 2.24) is 15.5 Å². The Morgan fingerprint density at radius 1 is 1.38 bits per heavy atom. The summed E-state index contributed by atoms with van der Waals surface area (Å²) in [5.41, 5.74) is 0. The fourth-order valence-corrected chi connectivity index (χ4v) is 1.54. The third kappa shape index (κ3) is 2.06. The molecular formula is C9H15N3O. The maximum absolute atomic E-state index is 5.45. The molecule has 13 heavy (non-hydrogen) atoms. The van der Waals surface area contributed by atoms with Crippen LogP contribution in [-0.4, -0.2) is 17.2 Å². The van der Waals surface area contributed by atoms with E-state index in [1.807, 2.05) is 7.05 Å². The minimum atomic E-state index is 0.664. The highest BCUT2D eigenvalue weighted by atomic mass is 16.4. The molecule has 0 spiro atoms. The molecule has 0 radical (unpaired) electrons. The van der Waals surface area contributed by atoms with Gasteiger partial charge in [-0.2, -0.15) is 0 Å². The second-order valence-electron chi connectivity index (χ2n) is 3.62. The molecule has 1 aliphatic carbocycles. The lowest BCUT2D eigenvalue weighted by molar-refractivity contribution is 0.286. The van der Waals surface area contributed by atoms with Gasteiger partial charge < -0.3 is 9.73 Å². The van der Waals surface area contributed by atoms with Crippen LogP contribution >= 0.6 is 0 Å². The first-order chi connectivity index (χ1) is 6.38. The van der Waals surface area contributed by atoms with Gasteiger partial charge in [0.05, 0.1) is 6.54 Å². The Labute approximate surface area is 77.7 Å². The summed E-state index contributed by atoms with van der Waals surface area (Å²) in [5, 5.41) is 10.9. The molecule has 1 fully saturated rings. The van der Waals surface area contributed by atoms with Gasteiger partial charge >= 0.3 is 0 Å². The Hall–Kier alpha value is -0.900. The van der Waals surface area contributed by atoms with E-state index in [0.29, 0.717) is 12.4 Å². The highest BCUT2D eigenvalue weighted by Gasteiger charge is 2.20. The van der Waals surface area contributed by atoms with Gasteiger partial charge in [0, 0.05) is 6.42 Å².